The molecule has 0 aliphatic rings. The quantitative estimate of drug-likeness (QED) is 0.675. The van der Waals surface area contributed by atoms with Gasteiger partial charge in [0.15, 0.2) is 0 Å². The molecule has 0 saturated carbocycles. The maximum Gasteiger partial charge on any atom is 0.0612 e. The molecule has 0 bridgehead atoms. The van der Waals surface area contributed by atoms with Crippen molar-refractivity contribution in [1.82, 2.24) is 0 Å². The number of hydrogen-bond donors (Lipinski definition) is 1. The highest BCUT2D eigenvalue weighted by atomic mass is 35.5. The molecule has 0 spiro atoms. The van der Waals surface area contributed by atoms with E-state index in [-0.39, 0.29) is 6.04 Å². The molecule has 0 aromatic heterocycles. The van der Waals surface area contributed by atoms with Crippen LogP contribution in [-0.2, 0) is 6.42 Å². The molecule has 0 aliphatic carbocycles. The Hall–Kier alpha value is -1.18. The van der Waals surface area contributed by atoms with Gasteiger partial charge in [-0.3, -0.25) is 0 Å². The van der Waals surface area contributed by atoms with Crippen molar-refractivity contribution in [2.45, 2.75) is 33.2 Å². The number of benzene rings is 2. The van der Waals surface area contributed by atoms with Gasteiger partial charge in [-0.15, -0.1) is 0 Å². The maximum absolute atomic E-state index is 6.04. The van der Waals surface area contributed by atoms with Gasteiger partial charge in [-0.2, -0.15) is 0 Å². The van der Waals surface area contributed by atoms with Crippen LogP contribution >= 0.6 is 23.2 Å². The zero-order valence-corrected chi connectivity index (χ0v) is 14.2. The van der Waals surface area contributed by atoms with Crippen LogP contribution in [0.3, 0.4) is 0 Å². The first-order valence-electron chi connectivity index (χ1n) is 7.26. The van der Waals surface area contributed by atoms with Gasteiger partial charge in [0.25, 0.3) is 0 Å². The second-order valence-corrected chi connectivity index (χ2v) is 6.65. The predicted molar refractivity (Wildman–Crippen MR) is 93.5 cm³/mol. The molecule has 0 heterocycles. The van der Waals surface area contributed by atoms with Crippen molar-refractivity contribution in [2.75, 3.05) is 5.32 Å². The number of halogens is 2. The van der Waals surface area contributed by atoms with Crippen molar-refractivity contribution in [2.24, 2.45) is 5.92 Å². The summed E-state index contributed by atoms with van der Waals surface area (Å²) in [4.78, 5) is 0. The Kier molecular flexibility index (Phi) is 5.55. The van der Waals surface area contributed by atoms with Crippen LogP contribution in [0.5, 0.6) is 0 Å². The molecule has 0 fully saturated rings. The molecule has 112 valence electrons. The van der Waals surface area contributed by atoms with Crippen molar-refractivity contribution in [1.29, 1.82) is 0 Å². The predicted octanol–water partition coefficient (Wildman–Crippen LogP) is 6.37. The molecular weight excluding hydrogens is 301 g/mol. The Morgan fingerprint density at radius 1 is 0.905 bits per heavy atom. The Balaban J connectivity index is 2.05. The van der Waals surface area contributed by atoms with Crippen LogP contribution in [0.4, 0.5) is 5.69 Å². The summed E-state index contributed by atoms with van der Waals surface area (Å²) in [7, 11) is 0. The van der Waals surface area contributed by atoms with Gasteiger partial charge in [0.2, 0.25) is 0 Å². The molecule has 1 atom stereocenters. The lowest BCUT2D eigenvalue weighted by Crippen LogP contribution is -2.06. The van der Waals surface area contributed by atoms with Gasteiger partial charge in [-0.25, -0.2) is 0 Å². The average molecular weight is 322 g/mol. The van der Waals surface area contributed by atoms with Crippen LogP contribution in [0.2, 0.25) is 10.0 Å². The first-order chi connectivity index (χ1) is 9.95. The Morgan fingerprint density at radius 2 is 1.57 bits per heavy atom. The Labute approximate surface area is 137 Å². The van der Waals surface area contributed by atoms with E-state index in [0.717, 1.165) is 12.1 Å². The van der Waals surface area contributed by atoms with Crippen LogP contribution in [-0.4, -0.2) is 0 Å². The third-order valence-electron chi connectivity index (χ3n) is 3.43. The highest BCUT2D eigenvalue weighted by Gasteiger charge is 2.07. The van der Waals surface area contributed by atoms with E-state index in [1.807, 2.05) is 18.2 Å². The molecule has 1 N–H and O–H groups in total. The van der Waals surface area contributed by atoms with E-state index >= 15 is 0 Å². The fourth-order valence-electron chi connectivity index (χ4n) is 2.33. The van der Waals surface area contributed by atoms with E-state index in [2.05, 4.69) is 50.4 Å². The van der Waals surface area contributed by atoms with Gasteiger partial charge in [0, 0.05) is 11.7 Å². The summed E-state index contributed by atoms with van der Waals surface area (Å²) in [6.07, 6.45) is 1.12. The van der Waals surface area contributed by atoms with Gasteiger partial charge in [-0.1, -0.05) is 61.3 Å². The molecule has 1 unspecified atom stereocenters. The van der Waals surface area contributed by atoms with E-state index in [9.17, 15) is 0 Å². The summed E-state index contributed by atoms with van der Waals surface area (Å²) < 4.78 is 0. The van der Waals surface area contributed by atoms with Crippen LogP contribution < -0.4 is 5.32 Å². The molecule has 0 saturated heterocycles. The van der Waals surface area contributed by atoms with Crippen LogP contribution in [0.25, 0.3) is 0 Å². The minimum atomic E-state index is 0.218. The minimum Gasteiger partial charge on any atom is -0.378 e. The number of anilines is 1. The lowest BCUT2D eigenvalue weighted by atomic mass is 10.00. The van der Waals surface area contributed by atoms with E-state index < -0.39 is 0 Å². The normalized spacial score (nSPS) is 12.5. The third kappa shape index (κ3) is 4.66. The molecule has 0 aliphatic heterocycles. The molecule has 2 aromatic carbocycles. The van der Waals surface area contributed by atoms with Crippen molar-refractivity contribution in [3.8, 4) is 0 Å². The summed E-state index contributed by atoms with van der Waals surface area (Å²) in [6.45, 7) is 6.62. The molecule has 3 heteroatoms. The van der Waals surface area contributed by atoms with Gasteiger partial charge in [-0.05, 0) is 48.6 Å². The number of nitrogens with one attached hydrogen (secondary N) is 1. The van der Waals surface area contributed by atoms with Crippen molar-refractivity contribution in [3.05, 3.63) is 63.6 Å². The zero-order chi connectivity index (χ0) is 15.4. The first kappa shape index (κ1) is 16.2. The molecular formula is C18H21Cl2N. The van der Waals surface area contributed by atoms with E-state index in [1.165, 1.54) is 11.1 Å². The second-order valence-electron chi connectivity index (χ2n) is 5.83. The van der Waals surface area contributed by atoms with Crippen molar-refractivity contribution >= 4 is 28.9 Å². The maximum atomic E-state index is 6.04. The van der Waals surface area contributed by atoms with Crippen LogP contribution in [0.1, 0.15) is 37.9 Å². The molecule has 2 aromatic rings. The molecule has 2 rings (SSSR count). The lowest BCUT2D eigenvalue weighted by Gasteiger charge is -2.17. The fourth-order valence-corrected chi connectivity index (χ4v) is 2.63. The Morgan fingerprint density at radius 3 is 2.14 bits per heavy atom. The largest absolute Gasteiger partial charge is 0.378 e. The highest BCUT2D eigenvalue weighted by molar-refractivity contribution is 6.42. The topological polar surface area (TPSA) is 12.0 Å². The summed E-state index contributed by atoms with van der Waals surface area (Å²) in [6, 6.07) is 14.6. The smallest absolute Gasteiger partial charge is 0.0612 e. The van der Waals surface area contributed by atoms with Gasteiger partial charge in [0.05, 0.1) is 10.0 Å². The standard InChI is InChI=1S/C18H21Cl2N/c1-12(2)10-14-4-6-15(7-5-14)13(3)21-16-8-9-17(19)18(20)11-16/h4-9,11-13,21H,10H2,1-3H3. The lowest BCUT2D eigenvalue weighted by molar-refractivity contribution is 0.647. The van der Waals surface area contributed by atoms with Gasteiger partial charge in [0.1, 0.15) is 0 Å². The van der Waals surface area contributed by atoms with E-state index in [4.69, 9.17) is 23.2 Å². The number of rotatable bonds is 5. The molecule has 0 radical (unpaired) electrons. The van der Waals surface area contributed by atoms with E-state index in [0.29, 0.717) is 16.0 Å². The Bertz CT molecular complexity index is 591. The summed E-state index contributed by atoms with van der Waals surface area (Å²) >= 11 is 12.0. The van der Waals surface area contributed by atoms with Crippen molar-refractivity contribution < 1.29 is 0 Å². The SMILES string of the molecule is CC(C)Cc1ccc(C(C)Nc2ccc(Cl)c(Cl)c2)cc1. The monoisotopic (exact) mass is 321 g/mol. The molecule has 0 amide bonds. The van der Waals surface area contributed by atoms with E-state index in [1.54, 1.807) is 0 Å². The summed E-state index contributed by atoms with van der Waals surface area (Å²) in [5.74, 6) is 0.683. The fraction of sp³-hybridized carbons (Fsp3) is 0.333. The first-order valence-corrected chi connectivity index (χ1v) is 8.01. The van der Waals surface area contributed by atoms with Crippen LogP contribution in [0, 0.1) is 5.92 Å². The minimum absolute atomic E-state index is 0.218. The molecule has 1 nitrogen and oxygen atoms in total. The van der Waals surface area contributed by atoms with Crippen LogP contribution in [0.15, 0.2) is 42.5 Å². The summed E-state index contributed by atoms with van der Waals surface area (Å²) in [5.41, 5.74) is 3.62. The van der Waals surface area contributed by atoms with Crippen molar-refractivity contribution in [3.63, 3.8) is 0 Å². The number of hydrogen-bond acceptors (Lipinski definition) is 1. The zero-order valence-electron chi connectivity index (χ0n) is 12.7. The van der Waals surface area contributed by atoms with Gasteiger partial charge < -0.3 is 5.32 Å². The molecule has 21 heavy (non-hydrogen) atoms. The average Bonchev–Trinajstić information content (AvgIpc) is 2.43. The second kappa shape index (κ2) is 7.20. The third-order valence-corrected chi connectivity index (χ3v) is 4.17. The summed E-state index contributed by atoms with van der Waals surface area (Å²) in [5, 5.41) is 4.59. The van der Waals surface area contributed by atoms with Gasteiger partial charge >= 0.3 is 0 Å². The highest BCUT2D eigenvalue weighted by Crippen LogP contribution is 2.27.